The highest BCUT2D eigenvalue weighted by molar-refractivity contribution is 6.30. The lowest BCUT2D eigenvalue weighted by Crippen LogP contribution is -2.44. The maximum Gasteiger partial charge on any atom is 0.407 e. The molecule has 0 saturated carbocycles. The van der Waals surface area contributed by atoms with Crippen LogP contribution in [0.4, 0.5) is 4.79 Å². The molecule has 8 heteroatoms. The van der Waals surface area contributed by atoms with Crippen LogP contribution >= 0.6 is 11.6 Å². The van der Waals surface area contributed by atoms with E-state index in [2.05, 4.69) is 29.5 Å². The van der Waals surface area contributed by atoms with E-state index in [1.807, 2.05) is 0 Å². The van der Waals surface area contributed by atoms with Crippen LogP contribution in [-0.4, -0.2) is 36.2 Å². The molecule has 1 heterocycles. The summed E-state index contributed by atoms with van der Waals surface area (Å²) in [5, 5.41) is 6.24. The fourth-order valence-corrected chi connectivity index (χ4v) is 2.80. The first kappa shape index (κ1) is 21.8. The molecule has 152 valence electrons. The predicted octanol–water partition coefficient (Wildman–Crippen LogP) is 3.81. The van der Waals surface area contributed by atoms with E-state index in [1.165, 1.54) is 6.26 Å². The molecular formula is C20H26ClN3O4. The predicted molar refractivity (Wildman–Crippen MR) is 107 cm³/mol. The Balaban J connectivity index is 1.88. The van der Waals surface area contributed by atoms with Gasteiger partial charge >= 0.3 is 6.09 Å². The molecule has 2 aromatic rings. The van der Waals surface area contributed by atoms with Gasteiger partial charge in [-0.05, 0) is 43.5 Å². The van der Waals surface area contributed by atoms with E-state index in [4.69, 9.17) is 20.8 Å². The van der Waals surface area contributed by atoms with Crippen LogP contribution in [0.25, 0.3) is 11.5 Å². The highest BCUT2D eigenvalue weighted by Gasteiger charge is 2.17. The van der Waals surface area contributed by atoms with E-state index in [1.54, 1.807) is 31.2 Å². The molecule has 2 N–H and O–H groups in total. The first-order chi connectivity index (χ1) is 13.4. The standard InChI is InChI=1S/C20H26ClN3O4/c1-4-27-20(26)24-16(9-13(2)3)11-22-18(25)10-17-12-28-19(23-17)14-5-7-15(21)8-6-14/h5-8,12-13,16H,4,9-11H2,1-3H3,(H,22,25)(H,24,26). The zero-order valence-electron chi connectivity index (χ0n) is 16.3. The van der Waals surface area contributed by atoms with Crippen LogP contribution in [0.2, 0.25) is 5.02 Å². The Morgan fingerprint density at radius 3 is 2.61 bits per heavy atom. The molecule has 0 saturated heterocycles. The van der Waals surface area contributed by atoms with Crippen molar-refractivity contribution in [3.63, 3.8) is 0 Å². The average molecular weight is 408 g/mol. The van der Waals surface area contributed by atoms with Gasteiger partial charge in [0.15, 0.2) is 0 Å². The van der Waals surface area contributed by atoms with Crippen LogP contribution < -0.4 is 10.6 Å². The number of oxazole rings is 1. The summed E-state index contributed by atoms with van der Waals surface area (Å²) in [7, 11) is 0. The Hall–Kier alpha value is -2.54. The van der Waals surface area contributed by atoms with E-state index >= 15 is 0 Å². The molecule has 1 unspecified atom stereocenters. The highest BCUT2D eigenvalue weighted by atomic mass is 35.5. The molecule has 0 aliphatic rings. The number of carbonyl (C=O) groups is 2. The molecule has 0 spiro atoms. The van der Waals surface area contributed by atoms with Gasteiger partial charge in [-0.1, -0.05) is 25.4 Å². The molecule has 1 atom stereocenters. The number of amides is 2. The number of benzene rings is 1. The van der Waals surface area contributed by atoms with Crippen molar-refractivity contribution in [2.45, 2.75) is 39.7 Å². The van der Waals surface area contributed by atoms with E-state index in [0.29, 0.717) is 35.7 Å². The maximum absolute atomic E-state index is 12.3. The quantitative estimate of drug-likeness (QED) is 0.659. The van der Waals surface area contributed by atoms with Gasteiger partial charge in [-0.25, -0.2) is 9.78 Å². The van der Waals surface area contributed by atoms with Crippen molar-refractivity contribution in [1.82, 2.24) is 15.6 Å². The third-order valence-corrected chi connectivity index (χ3v) is 4.14. The summed E-state index contributed by atoms with van der Waals surface area (Å²) in [5.74, 6) is 0.595. The molecule has 2 rings (SSSR count). The van der Waals surface area contributed by atoms with Crippen LogP contribution in [0, 0.1) is 5.92 Å². The van der Waals surface area contributed by atoms with Gasteiger partial charge in [-0.3, -0.25) is 4.79 Å². The Morgan fingerprint density at radius 2 is 1.96 bits per heavy atom. The molecule has 7 nitrogen and oxygen atoms in total. The van der Waals surface area contributed by atoms with Crippen LogP contribution in [-0.2, 0) is 16.0 Å². The van der Waals surface area contributed by atoms with Gasteiger partial charge in [-0.2, -0.15) is 0 Å². The number of ether oxygens (including phenoxy) is 1. The summed E-state index contributed by atoms with van der Waals surface area (Å²) in [6.07, 6.45) is 1.80. The first-order valence-corrected chi connectivity index (χ1v) is 9.65. The van der Waals surface area contributed by atoms with Crippen molar-refractivity contribution in [3.05, 3.63) is 41.2 Å². The molecule has 1 aromatic carbocycles. The normalized spacial score (nSPS) is 11.9. The monoisotopic (exact) mass is 407 g/mol. The van der Waals surface area contributed by atoms with Gasteiger partial charge < -0.3 is 19.8 Å². The number of alkyl carbamates (subject to hydrolysis) is 1. The van der Waals surface area contributed by atoms with Crippen LogP contribution in [0.3, 0.4) is 0 Å². The second-order valence-electron chi connectivity index (χ2n) is 6.82. The van der Waals surface area contributed by atoms with Gasteiger partial charge in [0.1, 0.15) is 6.26 Å². The lowest BCUT2D eigenvalue weighted by atomic mass is 10.0. The number of rotatable bonds is 9. The Morgan fingerprint density at radius 1 is 1.25 bits per heavy atom. The molecule has 0 radical (unpaired) electrons. The van der Waals surface area contributed by atoms with Gasteiger partial charge in [0.05, 0.1) is 18.7 Å². The molecule has 0 fully saturated rings. The minimum Gasteiger partial charge on any atom is -0.450 e. The van der Waals surface area contributed by atoms with Crippen LogP contribution in [0.5, 0.6) is 0 Å². The third kappa shape index (κ3) is 7.23. The lowest BCUT2D eigenvalue weighted by Gasteiger charge is -2.20. The van der Waals surface area contributed by atoms with Crippen molar-refractivity contribution in [3.8, 4) is 11.5 Å². The molecular weight excluding hydrogens is 382 g/mol. The number of hydrogen-bond acceptors (Lipinski definition) is 5. The van der Waals surface area contributed by atoms with Crippen molar-refractivity contribution in [1.29, 1.82) is 0 Å². The Labute approximate surface area is 169 Å². The number of carbonyl (C=O) groups excluding carboxylic acids is 2. The number of hydrogen-bond donors (Lipinski definition) is 2. The molecule has 28 heavy (non-hydrogen) atoms. The summed E-state index contributed by atoms with van der Waals surface area (Å²) in [5.41, 5.74) is 1.31. The fourth-order valence-electron chi connectivity index (χ4n) is 2.68. The zero-order valence-corrected chi connectivity index (χ0v) is 17.1. The van der Waals surface area contributed by atoms with Gasteiger partial charge in [0, 0.05) is 23.2 Å². The molecule has 0 aliphatic heterocycles. The van der Waals surface area contributed by atoms with Gasteiger partial charge in [0.25, 0.3) is 0 Å². The van der Waals surface area contributed by atoms with Gasteiger partial charge in [-0.15, -0.1) is 0 Å². The van der Waals surface area contributed by atoms with Gasteiger partial charge in [0.2, 0.25) is 11.8 Å². The largest absolute Gasteiger partial charge is 0.450 e. The number of aromatic nitrogens is 1. The Bertz CT molecular complexity index is 774. The average Bonchev–Trinajstić information content (AvgIpc) is 3.08. The van der Waals surface area contributed by atoms with E-state index in [9.17, 15) is 9.59 Å². The summed E-state index contributed by atoms with van der Waals surface area (Å²) in [4.78, 5) is 28.2. The summed E-state index contributed by atoms with van der Waals surface area (Å²) >= 11 is 5.88. The maximum atomic E-state index is 12.3. The van der Waals surface area contributed by atoms with Crippen molar-refractivity contribution in [2.75, 3.05) is 13.2 Å². The van der Waals surface area contributed by atoms with E-state index < -0.39 is 6.09 Å². The summed E-state index contributed by atoms with van der Waals surface area (Å²) in [6, 6.07) is 6.90. The first-order valence-electron chi connectivity index (χ1n) is 9.27. The van der Waals surface area contributed by atoms with E-state index in [0.717, 1.165) is 12.0 Å². The molecule has 2 amide bonds. The minimum atomic E-state index is -0.480. The smallest absolute Gasteiger partial charge is 0.407 e. The number of nitrogens with one attached hydrogen (secondary N) is 2. The third-order valence-electron chi connectivity index (χ3n) is 3.88. The lowest BCUT2D eigenvalue weighted by molar-refractivity contribution is -0.120. The molecule has 0 aliphatic carbocycles. The summed E-state index contributed by atoms with van der Waals surface area (Å²) < 4.78 is 10.4. The minimum absolute atomic E-state index is 0.0882. The topological polar surface area (TPSA) is 93.5 Å². The Kier molecular flexibility index (Phi) is 8.32. The van der Waals surface area contributed by atoms with Crippen molar-refractivity contribution in [2.24, 2.45) is 5.92 Å². The molecule has 0 bridgehead atoms. The van der Waals surface area contributed by atoms with Crippen molar-refractivity contribution < 1.29 is 18.7 Å². The molecule has 1 aromatic heterocycles. The highest BCUT2D eigenvalue weighted by Crippen LogP contribution is 2.21. The van der Waals surface area contributed by atoms with Crippen LogP contribution in [0.15, 0.2) is 34.9 Å². The second-order valence-corrected chi connectivity index (χ2v) is 7.26. The number of nitrogens with zero attached hydrogens (tertiary/aromatic N) is 1. The van der Waals surface area contributed by atoms with E-state index in [-0.39, 0.29) is 18.4 Å². The zero-order chi connectivity index (χ0) is 20.5. The summed E-state index contributed by atoms with van der Waals surface area (Å²) in [6.45, 7) is 6.46. The fraction of sp³-hybridized carbons (Fsp3) is 0.450. The SMILES string of the molecule is CCOC(=O)NC(CNC(=O)Cc1coc(-c2ccc(Cl)cc2)n1)CC(C)C. The number of halogens is 1. The van der Waals surface area contributed by atoms with Crippen LogP contribution in [0.1, 0.15) is 32.9 Å². The van der Waals surface area contributed by atoms with Crippen molar-refractivity contribution >= 4 is 23.6 Å². The second kappa shape index (κ2) is 10.7.